The molecule has 0 aliphatic carbocycles. The van der Waals surface area contributed by atoms with Gasteiger partial charge >= 0.3 is 0 Å². The van der Waals surface area contributed by atoms with Crippen LogP contribution in [0.4, 0.5) is 5.82 Å². The molecule has 0 unspecified atom stereocenters. The molecular formula is C15H18N4O3. The van der Waals surface area contributed by atoms with Gasteiger partial charge in [0.15, 0.2) is 17.2 Å². The molecule has 0 bridgehead atoms. The van der Waals surface area contributed by atoms with Crippen LogP contribution in [0.5, 0.6) is 0 Å². The number of nitrogens with zero attached hydrogens (tertiary/aromatic N) is 4. The van der Waals surface area contributed by atoms with Crippen molar-refractivity contribution in [3.05, 3.63) is 17.7 Å². The molecule has 2 aromatic rings. The Morgan fingerprint density at radius 1 is 1.18 bits per heavy atom. The van der Waals surface area contributed by atoms with Gasteiger partial charge in [0.1, 0.15) is 11.3 Å². The summed E-state index contributed by atoms with van der Waals surface area (Å²) in [6.07, 6.45) is 1.06. The number of fused-ring (bicyclic) bond motifs is 1. The lowest BCUT2D eigenvalue weighted by Gasteiger charge is -2.29. The Morgan fingerprint density at radius 3 is 2.64 bits per heavy atom. The third kappa shape index (κ3) is 2.21. The van der Waals surface area contributed by atoms with Crippen molar-refractivity contribution in [2.75, 3.05) is 44.3 Å². The van der Waals surface area contributed by atoms with E-state index in [-0.39, 0.29) is 5.91 Å². The standard InChI is InChI=1S/C15H18N4O3/c1-10-16-11-9-12(15(20)19-3-2-4-19)22-13(11)14(17-10)18-5-7-21-8-6-18/h9H,2-8H2,1H3. The van der Waals surface area contributed by atoms with Crippen LogP contribution >= 0.6 is 0 Å². The molecule has 2 fully saturated rings. The molecule has 7 nitrogen and oxygen atoms in total. The number of ether oxygens (including phenoxy) is 1. The van der Waals surface area contributed by atoms with E-state index in [2.05, 4.69) is 14.9 Å². The molecule has 22 heavy (non-hydrogen) atoms. The Balaban J connectivity index is 1.75. The number of aryl methyl sites for hydroxylation is 1. The zero-order chi connectivity index (χ0) is 15.1. The van der Waals surface area contributed by atoms with E-state index in [0.717, 1.165) is 38.4 Å². The second-order valence-electron chi connectivity index (χ2n) is 5.66. The van der Waals surface area contributed by atoms with Crippen molar-refractivity contribution in [1.82, 2.24) is 14.9 Å². The van der Waals surface area contributed by atoms with Crippen molar-refractivity contribution in [3.63, 3.8) is 0 Å². The number of morpholine rings is 1. The van der Waals surface area contributed by atoms with E-state index in [4.69, 9.17) is 9.15 Å². The maximum atomic E-state index is 12.3. The monoisotopic (exact) mass is 302 g/mol. The molecule has 4 rings (SSSR count). The van der Waals surface area contributed by atoms with Crippen molar-refractivity contribution < 1.29 is 13.9 Å². The quantitative estimate of drug-likeness (QED) is 0.830. The van der Waals surface area contributed by atoms with Gasteiger partial charge in [-0.15, -0.1) is 0 Å². The lowest BCUT2D eigenvalue weighted by atomic mass is 10.2. The highest BCUT2D eigenvalue weighted by molar-refractivity contribution is 5.97. The summed E-state index contributed by atoms with van der Waals surface area (Å²) in [4.78, 5) is 25.2. The van der Waals surface area contributed by atoms with Crippen LogP contribution in [0.3, 0.4) is 0 Å². The lowest BCUT2D eigenvalue weighted by molar-refractivity contribution is 0.0621. The molecule has 2 aliphatic heterocycles. The first-order chi connectivity index (χ1) is 10.7. The minimum atomic E-state index is -0.0603. The highest BCUT2D eigenvalue weighted by atomic mass is 16.5. The minimum Gasteiger partial charge on any atom is -0.445 e. The maximum absolute atomic E-state index is 12.3. The summed E-state index contributed by atoms with van der Waals surface area (Å²) in [6.45, 7) is 6.33. The van der Waals surface area contributed by atoms with Crippen LogP contribution in [-0.4, -0.2) is 60.2 Å². The molecule has 116 valence electrons. The zero-order valence-electron chi connectivity index (χ0n) is 12.5. The van der Waals surface area contributed by atoms with Gasteiger partial charge in [0.05, 0.1) is 13.2 Å². The highest BCUT2D eigenvalue weighted by Crippen LogP contribution is 2.28. The van der Waals surface area contributed by atoms with Gasteiger partial charge in [0, 0.05) is 32.2 Å². The highest BCUT2D eigenvalue weighted by Gasteiger charge is 2.27. The Hall–Kier alpha value is -2.15. The average molecular weight is 302 g/mol. The summed E-state index contributed by atoms with van der Waals surface area (Å²) >= 11 is 0. The first-order valence-electron chi connectivity index (χ1n) is 7.62. The predicted octanol–water partition coefficient (Wildman–Crippen LogP) is 1.21. The van der Waals surface area contributed by atoms with Gasteiger partial charge in [-0.1, -0.05) is 0 Å². The van der Waals surface area contributed by atoms with Gasteiger partial charge < -0.3 is 19.0 Å². The van der Waals surface area contributed by atoms with E-state index in [1.165, 1.54) is 0 Å². The average Bonchev–Trinajstić information content (AvgIpc) is 2.89. The van der Waals surface area contributed by atoms with Gasteiger partial charge in [0.25, 0.3) is 5.91 Å². The third-order valence-corrected chi connectivity index (χ3v) is 4.13. The number of rotatable bonds is 2. The van der Waals surface area contributed by atoms with Crippen molar-refractivity contribution in [2.45, 2.75) is 13.3 Å². The van der Waals surface area contributed by atoms with Gasteiger partial charge in [-0.25, -0.2) is 9.97 Å². The van der Waals surface area contributed by atoms with Crippen LogP contribution in [-0.2, 0) is 4.74 Å². The van der Waals surface area contributed by atoms with E-state index < -0.39 is 0 Å². The lowest BCUT2D eigenvalue weighted by Crippen LogP contribution is -2.41. The number of aromatic nitrogens is 2. The summed E-state index contributed by atoms with van der Waals surface area (Å²) < 4.78 is 11.2. The number of carbonyl (C=O) groups is 1. The van der Waals surface area contributed by atoms with Crippen molar-refractivity contribution in [1.29, 1.82) is 0 Å². The fourth-order valence-corrected chi connectivity index (χ4v) is 2.80. The summed E-state index contributed by atoms with van der Waals surface area (Å²) in [5.41, 5.74) is 1.29. The third-order valence-electron chi connectivity index (χ3n) is 4.13. The molecule has 1 amide bonds. The molecule has 2 aromatic heterocycles. The number of carbonyl (C=O) groups excluding carboxylic acids is 1. The summed E-state index contributed by atoms with van der Waals surface area (Å²) in [5.74, 6) is 1.73. The first-order valence-corrected chi connectivity index (χ1v) is 7.62. The Labute approximate surface area is 127 Å². The molecule has 2 saturated heterocycles. The largest absolute Gasteiger partial charge is 0.445 e. The van der Waals surface area contributed by atoms with E-state index in [9.17, 15) is 4.79 Å². The van der Waals surface area contributed by atoms with E-state index in [1.54, 1.807) is 11.0 Å². The molecule has 4 heterocycles. The Bertz CT molecular complexity index is 717. The normalized spacial score (nSPS) is 18.6. The molecule has 2 aliphatic rings. The van der Waals surface area contributed by atoms with Crippen LogP contribution in [0.2, 0.25) is 0 Å². The fraction of sp³-hybridized carbons (Fsp3) is 0.533. The summed E-state index contributed by atoms with van der Waals surface area (Å²) in [7, 11) is 0. The number of likely N-dealkylation sites (tertiary alicyclic amines) is 1. The molecule has 0 spiro atoms. The van der Waals surface area contributed by atoms with E-state index in [0.29, 0.717) is 35.9 Å². The number of hydrogen-bond acceptors (Lipinski definition) is 6. The SMILES string of the molecule is Cc1nc(N2CCOCC2)c2oc(C(=O)N3CCC3)cc2n1. The number of furan rings is 1. The fourth-order valence-electron chi connectivity index (χ4n) is 2.80. The van der Waals surface area contributed by atoms with Gasteiger partial charge in [-0.3, -0.25) is 4.79 Å². The van der Waals surface area contributed by atoms with Gasteiger partial charge in [-0.2, -0.15) is 0 Å². The van der Waals surface area contributed by atoms with Gasteiger partial charge in [0.2, 0.25) is 0 Å². The van der Waals surface area contributed by atoms with Crippen molar-refractivity contribution in [2.24, 2.45) is 0 Å². The predicted molar refractivity (Wildman–Crippen MR) is 80.1 cm³/mol. The Morgan fingerprint density at radius 2 is 1.95 bits per heavy atom. The summed E-state index contributed by atoms with van der Waals surface area (Å²) in [5, 5.41) is 0. The van der Waals surface area contributed by atoms with Crippen LogP contribution in [0, 0.1) is 6.92 Å². The summed E-state index contributed by atoms with van der Waals surface area (Å²) in [6, 6.07) is 1.73. The van der Waals surface area contributed by atoms with Crippen molar-refractivity contribution >= 4 is 22.8 Å². The number of anilines is 1. The van der Waals surface area contributed by atoms with Crippen LogP contribution in [0.15, 0.2) is 10.5 Å². The maximum Gasteiger partial charge on any atom is 0.289 e. The van der Waals surface area contributed by atoms with E-state index >= 15 is 0 Å². The number of amides is 1. The minimum absolute atomic E-state index is 0.0603. The smallest absolute Gasteiger partial charge is 0.289 e. The molecule has 0 radical (unpaired) electrons. The molecule has 0 atom stereocenters. The molecular weight excluding hydrogens is 284 g/mol. The van der Waals surface area contributed by atoms with Gasteiger partial charge in [-0.05, 0) is 13.3 Å². The zero-order valence-corrected chi connectivity index (χ0v) is 12.5. The molecule has 7 heteroatoms. The van der Waals surface area contributed by atoms with Crippen molar-refractivity contribution in [3.8, 4) is 0 Å². The van der Waals surface area contributed by atoms with Crippen LogP contribution < -0.4 is 4.90 Å². The number of hydrogen-bond donors (Lipinski definition) is 0. The van der Waals surface area contributed by atoms with Crippen LogP contribution in [0.1, 0.15) is 22.8 Å². The Kier molecular flexibility index (Phi) is 3.22. The molecule has 0 N–H and O–H groups in total. The molecule has 0 aromatic carbocycles. The first kappa shape index (κ1) is 13.5. The second kappa shape index (κ2) is 5.24. The van der Waals surface area contributed by atoms with Crippen LogP contribution in [0.25, 0.3) is 11.1 Å². The second-order valence-corrected chi connectivity index (χ2v) is 5.66. The van der Waals surface area contributed by atoms with E-state index in [1.807, 2.05) is 6.92 Å². The molecule has 0 saturated carbocycles. The topological polar surface area (TPSA) is 71.7 Å².